The first kappa shape index (κ1) is 21.6. The van der Waals surface area contributed by atoms with Crippen LogP contribution in [0.3, 0.4) is 0 Å². The minimum absolute atomic E-state index is 0.140. The van der Waals surface area contributed by atoms with Gasteiger partial charge in [-0.1, -0.05) is 51.1 Å². The van der Waals surface area contributed by atoms with Crippen molar-refractivity contribution in [1.29, 1.82) is 0 Å². The van der Waals surface area contributed by atoms with E-state index in [1.807, 2.05) is 36.4 Å². The summed E-state index contributed by atoms with van der Waals surface area (Å²) in [5.41, 5.74) is 2.50. The number of carbonyl (C=O) groups is 1. The number of carbonyl (C=O) groups excluding carboxylic acids is 1. The first-order valence-corrected chi connectivity index (χ1v) is 9.77. The van der Waals surface area contributed by atoms with Gasteiger partial charge in [0.1, 0.15) is 11.5 Å². The number of urea groups is 1. The number of para-hydroxylation sites is 1. The second-order valence-corrected chi connectivity index (χ2v) is 7.72. The molecule has 0 atom stereocenters. The van der Waals surface area contributed by atoms with Crippen molar-refractivity contribution in [2.45, 2.75) is 39.0 Å². The third-order valence-electron chi connectivity index (χ3n) is 4.47. The number of amides is 2. The zero-order chi connectivity index (χ0) is 20.4. The summed E-state index contributed by atoms with van der Waals surface area (Å²) in [6.07, 6.45) is 1.48. The summed E-state index contributed by atoms with van der Waals surface area (Å²) < 4.78 is 11.0. The summed E-state index contributed by atoms with van der Waals surface area (Å²) in [7, 11) is 1.65. The molecule has 0 saturated carbocycles. The van der Waals surface area contributed by atoms with E-state index in [4.69, 9.17) is 9.47 Å². The second kappa shape index (κ2) is 10.6. The minimum Gasteiger partial charge on any atom is -0.496 e. The van der Waals surface area contributed by atoms with Gasteiger partial charge < -0.3 is 20.1 Å². The fraction of sp³-hybridized carbons (Fsp3) is 0.435. The first-order valence-electron chi connectivity index (χ1n) is 9.77. The Hall–Kier alpha value is -2.69. The van der Waals surface area contributed by atoms with Crippen LogP contribution in [0, 0.1) is 0 Å². The van der Waals surface area contributed by atoms with Crippen LogP contribution in [-0.2, 0) is 11.8 Å². The molecular formula is C23H32N2O3. The maximum atomic E-state index is 11.9. The van der Waals surface area contributed by atoms with Crippen LogP contribution in [0.15, 0.2) is 48.5 Å². The Balaban J connectivity index is 1.58. The molecule has 0 radical (unpaired) electrons. The van der Waals surface area contributed by atoms with Gasteiger partial charge in [0.25, 0.3) is 0 Å². The van der Waals surface area contributed by atoms with Gasteiger partial charge in [0.2, 0.25) is 0 Å². The molecule has 0 fully saturated rings. The van der Waals surface area contributed by atoms with E-state index < -0.39 is 0 Å². The molecule has 0 saturated heterocycles. The SMILES string of the molecule is COc1ccccc1CCNC(=O)NCCCOc1ccc(C(C)(C)C)cc1. The molecule has 2 aromatic carbocycles. The van der Waals surface area contributed by atoms with Crippen molar-refractivity contribution in [2.24, 2.45) is 0 Å². The lowest BCUT2D eigenvalue weighted by molar-refractivity contribution is 0.239. The van der Waals surface area contributed by atoms with E-state index >= 15 is 0 Å². The van der Waals surface area contributed by atoms with Gasteiger partial charge in [-0.25, -0.2) is 4.79 Å². The van der Waals surface area contributed by atoms with Gasteiger partial charge >= 0.3 is 6.03 Å². The van der Waals surface area contributed by atoms with Crippen molar-refractivity contribution in [3.63, 3.8) is 0 Å². The summed E-state index contributed by atoms with van der Waals surface area (Å²) in [6.45, 7) is 8.27. The van der Waals surface area contributed by atoms with Crippen molar-refractivity contribution >= 4 is 6.03 Å². The highest BCUT2D eigenvalue weighted by Crippen LogP contribution is 2.24. The second-order valence-electron chi connectivity index (χ2n) is 7.72. The molecule has 5 heteroatoms. The number of hydrogen-bond acceptors (Lipinski definition) is 3. The fourth-order valence-electron chi connectivity index (χ4n) is 2.80. The molecule has 0 aromatic heterocycles. The summed E-state index contributed by atoms with van der Waals surface area (Å²) in [5.74, 6) is 1.70. The number of methoxy groups -OCH3 is 1. The van der Waals surface area contributed by atoms with Crippen molar-refractivity contribution in [2.75, 3.05) is 26.8 Å². The van der Waals surface area contributed by atoms with Gasteiger partial charge in [-0.05, 0) is 47.6 Å². The summed E-state index contributed by atoms with van der Waals surface area (Å²) in [6, 6.07) is 15.9. The number of hydrogen-bond donors (Lipinski definition) is 2. The van der Waals surface area contributed by atoms with Crippen LogP contribution in [-0.4, -0.2) is 32.8 Å². The molecule has 2 N–H and O–H groups in total. The standard InChI is InChI=1S/C23H32N2O3/c1-23(2,3)19-10-12-20(13-11-19)28-17-7-15-24-22(26)25-16-14-18-8-5-6-9-21(18)27-4/h5-6,8-13H,7,14-17H2,1-4H3,(H2,24,25,26). The van der Waals surface area contributed by atoms with Crippen molar-refractivity contribution < 1.29 is 14.3 Å². The quantitative estimate of drug-likeness (QED) is 0.634. The van der Waals surface area contributed by atoms with Gasteiger partial charge in [-0.15, -0.1) is 0 Å². The molecule has 2 amide bonds. The van der Waals surface area contributed by atoms with Crippen molar-refractivity contribution in [3.05, 3.63) is 59.7 Å². The molecule has 5 nitrogen and oxygen atoms in total. The van der Waals surface area contributed by atoms with Gasteiger partial charge in [-0.2, -0.15) is 0 Å². The Morgan fingerprint density at radius 2 is 1.64 bits per heavy atom. The Labute approximate surface area is 168 Å². The molecule has 2 aromatic rings. The summed E-state index contributed by atoms with van der Waals surface area (Å²) in [4.78, 5) is 11.9. The molecule has 0 heterocycles. The predicted octanol–water partition coefficient (Wildman–Crippen LogP) is 4.30. The van der Waals surface area contributed by atoms with E-state index in [-0.39, 0.29) is 11.4 Å². The lowest BCUT2D eigenvalue weighted by atomic mass is 9.87. The van der Waals surface area contributed by atoms with Crippen molar-refractivity contribution in [3.8, 4) is 11.5 Å². The fourth-order valence-corrected chi connectivity index (χ4v) is 2.80. The Bertz CT molecular complexity index is 736. The smallest absolute Gasteiger partial charge is 0.314 e. The third kappa shape index (κ3) is 7.14. The van der Waals surface area contributed by atoms with E-state index in [0.29, 0.717) is 19.7 Å². The Morgan fingerprint density at radius 1 is 0.964 bits per heavy atom. The van der Waals surface area contributed by atoms with E-state index in [2.05, 4.69) is 43.5 Å². The van der Waals surface area contributed by atoms with E-state index in [9.17, 15) is 4.79 Å². The normalized spacial score (nSPS) is 11.0. The van der Waals surface area contributed by atoms with Crippen LogP contribution in [0.5, 0.6) is 11.5 Å². The minimum atomic E-state index is -0.163. The van der Waals surface area contributed by atoms with Crippen LogP contribution in [0.2, 0.25) is 0 Å². The average molecular weight is 385 g/mol. The van der Waals surface area contributed by atoms with Crippen LogP contribution in [0.1, 0.15) is 38.3 Å². The van der Waals surface area contributed by atoms with Gasteiger partial charge in [-0.3, -0.25) is 0 Å². The Kier molecular flexibility index (Phi) is 8.18. The van der Waals surface area contributed by atoms with Gasteiger partial charge in [0, 0.05) is 13.1 Å². The number of nitrogens with one attached hydrogen (secondary N) is 2. The monoisotopic (exact) mass is 384 g/mol. The topological polar surface area (TPSA) is 59.6 Å². The molecule has 0 spiro atoms. The maximum Gasteiger partial charge on any atom is 0.314 e. The zero-order valence-electron chi connectivity index (χ0n) is 17.4. The largest absolute Gasteiger partial charge is 0.496 e. The number of benzene rings is 2. The highest BCUT2D eigenvalue weighted by atomic mass is 16.5. The van der Waals surface area contributed by atoms with Crippen LogP contribution in [0.4, 0.5) is 4.79 Å². The molecule has 0 aliphatic heterocycles. The molecule has 28 heavy (non-hydrogen) atoms. The van der Waals surface area contributed by atoms with Crippen molar-refractivity contribution in [1.82, 2.24) is 10.6 Å². The molecule has 152 valence electrons. The first-order chi connectivity index (χ1) is 13.4. The predicted molar refractivity (Wildman–Crippen MR) is 113 cm³/mol. The van der Waals surface area contributed by atoms with Gasteiger partial charge in [0.05, 0.1) is 13.7 Å². The maximum absolute atomic E-state index is 11.9. The highest BCUT2D eigenvalue weighted by Gasteiger charge is 2.12. The number of rotatable bonds is 9. The molecule has 0 aliphatic carbocycles. The molecule has 0 aliphatic rings. The van der Waals surface area contributed by atoms with Gasteiger partial charge in [0.15, 0.2) is 0 Å². The van der Waals surface area contributed by atoms with E-state index in [1.54, 1.807) is 7.11 Å². The summed E-state index contributed by atoms with van der Waals surface area (Å²) >= 11 is 0. The molecular weight excluding hydrogens is 352 g/mol. The Morgan fingerprint density at radius 3 is 2.32 bits per heavy atom. The lowest BCUT2D eigenvalue weighted by Crippen LogP contribution is -2.37. The lowest BCUT2D eigenvalue weighted by Gasteiger charge is -2.19. The third-order valence-corrected chi connectivity index (χ3v) is 4.47. The van der Waals surface area contributed by atoms with Crippen LogP contribution >= 0.6 is 0 Å². The average Bonchev–Trinajstić information content (AvgIpc) is 2.68. The zero-order valence-corrected chi connectivity index (χ0v) is 17.4. The molecule has 0 unspecified atom stereocenters. The summed E-state index contributed by atoms with van der Waals surface area (Å²) in [5, 5.41) is 5.72. The number of ether oxygens (including phenoxy) is 2. The van der Waals surface area contributed by atoms with Crippen LogP contribution in [0.25, 0.3) is 0 Å². The van der Waals surface area contributed by atoms with E-state index in [1.165, 1.54) is 5.56 Å². The van der Waals surface area contributed by atoms with E-state index in [0.717, 1.165) is 29.9 Å². The molecule has 0 bridgehead atoms. The highest BCUT2D eigenvalue weighted by molar-refractivity contribution is 5.73. The molecule has 2 rings (SSSR count). The van der Waals surface area contributed by atoms with Crippen LogP contribution < -0.4 is 20.1 Å².